The number of hydrazine groups is 1. The van der Waals surface area contributed by atoms with Gasteiger partial charge in [0.2, 0.25) is 5.96 Å². The van der Waals surface area contributed by atoms with Crippen LogP contribution in [0.25, 0.3) is 0 Å². The first-order valence-corrected chi connectivity index (χ1v) is 5.82. The molecule has 0 aromatic heterocycles. The second-order valence-corrected chi connectivity index (χ2v) is 4.16. The highest BCUT2D eigenvalue weighted by Gasteiger charge is 2.31. The first-order chi connectivity index (χ1) is 7.96. The van der Waals surface area contributed by atoms with Gasteiger partial charge in [-0.2, -0.15) is 13.2 Å². The molecule has 0 spiro atoms. The maximum Gasteiger partial charge on any atom is 0.406 e. The van der Waals surface area contributed by atoms with E-state index >= 15 is 0 Å². The Balaban J connectivity index is 2.68. The van der Waals surface area contributed by atoms with Crippen molar-refractivity contribution in [3.05, 3.63) is 0 Å². The van der Waals surface area contributed by atoms with Crippen molar-refractivity contribution in [2.75, 3.05) is 13.1 Å². The number of guanidine groups is 1. The monoisotopic (exact) mass is 252 g/mol. The highest BCUT2D eigenvalue weighted by atomic mass is 19.4. The molecule has 0 bridgehead atoms. The molecule has 0 radical (unpaired) electrons. The molecule has 0 aromatic rings. The fraction of sp³-hybridized carbons (Fsp3) is 0.900. The van der Waals surface area contributed by atoms with Crippen LogP contribution in [0.1, 0.15) is 32.6 Å². The van der Waals surface area contributed by atoms with E-state index in [9.17, 15) is 13.2 Å². The number of hydrogen-bond acceptors (Lipinski definition) is 2. The minimum Gasteiger partial charge on any atom is -0.333 e. The average Bonchev–Trinajstić information content (AvgIpc) is 2.74. The standard InChI is InChI=1S/C10H19F3N4/c1-2-17(7-10(11,12)13)9(16-14)15-8-5-3-4-6-8/h8H,2-7,14H2,1H3,(H,15,16). The van der Waals surface area contributed by atoms with Crippen LogP contribution in [-0.4, -0.2) is 36.2 Å². The molecule has 0 aromatic carbocycles. The van der Waals surface area contributed by atoms with Crippen LogP contribution in [0.5, 0.6) is 0 Å². The van der Waals surface area contributed by atoms with Crippen LogP contribution >= 0.6 is 0 Å². The number of halogens is 3. The van der Waals surface area contributed by atoms with Crippen molar-refractivity contribution in [3.63, 3.8) is 0 Å². The molecule has 0 atom stereocenters. The Labute approximate surface area is 99.0 Å². The number of nitrogens with zero attached hydrogens (tertiary/aromatic N) is 2. The largest absolute Gasteiger partial charge is 0.406 e. The molecule has 1 aliphatic carbocycles. The Bertz CT molecular complexity index is 259. The van der Waals surface area contributed by atoms with Gasteiger partial charge in [0.25, 0.3) is 0 Å². The van der Waals surface area contributed by atoms with Crippen LogP contribution in [0.15, 0.2) is 4.99 Å². The fourth-order valence-corrected chi connectivity index (χ4v) is 1.97. The minimum absolute atomic E-state index is 0.100. The molecule has 0 aliphatic heterocycles. The van der Waals surface area contributed by atoms with Gasteiger partial charge in [-0.15, -0.1) is 0 Å². The summed E-state index contributed by atoms with van der Waals surface area (Å²) in [5.74, 6) is 5.39. The Kier molecular flexibility index (Phi) is 5.04. The van der Waals surface area contributed by atoms with Crippen LogP contribution in [0.3, 0.4) is 0 Å². The van der Waals surface area contributed by atoms with E-state index in [0.29, 0.717) is 0 Å². The molecule has 3 N–H and O–H groups in total. The Morgan fingerprint density at radius 3 is 2.41 bits per heavy atom. The first kappa shape index (κ1) is 14.1. The summed E-state index contributed by atoms with van der Waals surface area (Å²) in [6.45, 7) is 0.835. The molecule has 0 heterocycles. The molecule has 1 rings (SSSR count). The van der Waals surface area contributed by atoms with E-state index in [-0.39, 0.29) is 18.5 Å². The zero-order chi connectivity index (χ0) is 12.9. The van der Waals surface area contributed by atoms with Crippen molar-refractivity contribution < 1.29 is 13.2 Å². The number of rotatable bonds is 3. The molecular weight excluding hydrogens is 233 g/mol. The Morgan fingerprint density at radius 1 is 1.41 bits per heavy atom. The first-order valence-electron chi connectivity index (χ1n) is 5.82. The number of nitrogens with two attached hydrogens (primary N) is 1. The predicted molar refractivity (Wildman–Crippen MR) is 60.3 cm³/mol. The van der Waals surface area contributed by atoms with Gasteiger partial charge < -0.3 is 4.90 Å². The van der Waals surface area contributed by atoms with E-state index in [1.54, 1.807) is 6.92 Å². The van der Waals surface area contributed by atoms with Gasteiger partial charge in [-0.1, -0.05) is 12.8 Å². The second-order valence-electron chi connectivity index (χ2n) is 4.16. The van der Waals surface area contributed by atoms with Crippen LogP contribution in [0, 0.1) is 0 Å². The van der Waals surface area contributed by atoms with Gasteiger partial charge in [0.05, 0.1) is 6.04 Å². The maximum atomic E-state index is 12.3. The third kappa shape index (κ3) is 4.80. The quantitative estimate of drug-likeness (QED) is 0.347. The highest BCUT2D eigenvalue weighted by Crippen LogP contribution is 2.22. The molecule has 0 amide bonds. The molecule has 4 nitrogen and oxygen atoms in total. The number of alkyl halides is 3. The summed E-state index contributed by atoms with van der Waals surface area (Å²) in [5, 5.41) is 0. The van der Waals surface area contributed by atoms with Gasteiger partial charge in [-0.05, 0) is 19.8 Å². The van der Waals surface area contributed by atoms with Crippen molar-refractivity contribution in [2.45, 2.75) is 44.8 Å². The van der Waals surface area contributed by atoms with Crippen LogP contribution in [-0.2, 0) is 0 Å². The van der Waals surface area contributed by atoms with Gasteiger partial charge in [-0.3, -0.25) is 5.43 Å². The van der Waals surface area contributed by atoms with Crippen LogP contribution in [0.4, 0.5) is 13.2 Å². The second kappa shape index (κ2) is 6.09. The molecule has 0 unspecified atom stereocenters. The third-order valence-electron chi connectivity index (χ3n) is 2.81. The van der Waals surface area contributed by atoms with Crippen molar-refractivity contribution in [1.29, 1.82) is 0 Å². The zero-order valence-electron chi connectivity index (χ0n) is 9.93. The molecule has 1 saturated carbocycles. The molecule has 100 valence electrons. The smallest absolute Gasteiger partial charge is 0.333 e. The van der Waals surface area contributed by atoms with Gasteiger partial charge in [0, 0.05) is 6.54 Å². The van der Waals surface area contributed by atoms with Crippen molar-refractivity contribution >= 4 is 5.96 Å². The Morgan fingerprint density at radius 2 is 2.00 bits per heavy atom. The number of nitrogens with one attached hydrogen (secondary N) is 1. The average molecular weight is 252 g/mol. The molecule has 7 heteroatoms. The molecule has 1 fully saturated rings. The number of aliphatic imine (C=N–C) groups is 1. The lowest BCUT2D eigenvalue weighted by Crippen LogP contribution is -2.48. The summed E-state index contributed by atoms with van der Waals surface area (Å²) in [5.41, 5.74) is 2.28. The minimum atomic E-state index is -4.25. The normalized spacial score (nSPS) is 18.5. The maximum absolute atomic E-state index is 12.3. The fourth-order valence-electron chi connectivity index (χ4n) is 1.97. The predicted octanol–water partition coefficient (Wildman–Crippen LogP) is 1.63. The van der Waals surface area contributed by atoms with Crippen molar-refractivity contribution in [2.24, 2.45) is 10.8 Å². The van der Waals surface area contributed by atoms with Gasteiger partial charge >= 0.3 is 6.18 Å². The molecule has 0 saturated heterocycles. The topological polar surface area (TPSA) is 53.6 Å². The third-order valence-corrected chi connectivity index (χ3v) is 2.81. The lowest BCUT2D eigenvalue weighted by atomic mass is 10.3. The summed E-state index contributed by atoms with van der Waals surface area (Å²) in [6.07, 6.45) is -0.234. The summed E-state index contributed by atoms with van der Waals surface area (Å²) < 4.78 is 37.0. The molecule has 1 aliphatic rings. The molecular formula is C10H19F3N4. The summed E-state index contributed by atoms with van der Waals surface area (Å²) in [7, 11) is 0. The van der Waals surface area contributed by atoms with Gasteiger partial charge in [0.15, 0.2) is 0 Å². The van der Waals surface area contributed by atoms with Gasteiger partial charge in [-0.25, -0.2) is 10.8 Å². The van der Waals surface area contributed by atoms with Crippen LogP contribution in [0.2, 0.25) is 0 Å². The van der Waals surface area contributed by atoms with E-state index in [4.69, 9.17) is 5.84 Å². The van der Waals surface area contributed by atoms with E-state index in [0.717, 1.165) is 30.6 Å². The van der Waals surface area contributed by atoms with E-state index in [1.807, 2.05) is 0 Å². The SMILES string of the molecule is CCN(CC(F)(F)F)C(=NC1CCCC1)NN. The Hall–Kier alpha value is -0.980. The van der Waals surface area contributed by atoms with Crippen LogP contribution < -0.4 is 11.3 Å². The highest BCUT2D eigenvalue weighted by molar-refractivity contribution is 5.79. The van der Waals surface area contributed by atoms with Crippen molar-refractivity contribution in [1.82, 2.24) is 10.3 Å². The summed E-state index contributed by atoms with van der Waals surface area (Å²) in [6, 6.07) is 0.100. The molecule has 17 heavy (non-hydrogen) atoms. The lowest BCUT2D eigenvalue weighted by Gasteiger charge is -2.25. The van der Waals surface area contributed by atoms with Crippen molar-refractivity contribution in [3.8, 4) is 0 Å². The van der Waals surface area contributed by atoms with E-state index in [2.05, 4.69) is 10.4 Å². The summed E-state index contributed by atoms with van der Waals surface area (Å²) >= 11 is 0. The summed E-state index contributed by atoms with van der Waals surface area (Å²) in [4.78, 5) is 5.37. The van der Waals surface area contributed by atoms with E-state index < -0.39 is 12.7 Å². The number of hydrogen-bond donors (Lipinski definition) is 2. The van der Waals surface area contributed by atoms with Gasteiger partial charge in [0.1, 0.15) is 6.54 Å². The lowest BCUT2D eigenvalue weighted by molar-refractivity contribution is -0.137. The zero-order valence-corrected chi connectivity index (χ0v) is 9.93. The van der Waals surface area contributed by atoms with E-state index in [1.165, 1.54) is 0 Å².